The molecule has 0 saturated carbocycles. The zero-order chi connectivity index (χ0) is 12.3. The van der Waals surface area contributed by atoms with Gasteiger partial charge in [-0.2, -0.15) is 0 Å². The predicted octanol–water partition coefficient (Wildman–Crippen LogP) is 4.31. The number of carbonyl (C=O) groups is 1. The summed E-state index contributed by atoms with van der Waals surface area (Å²) in [6.07, 6.45) is 1.59. The molecular formula is C15H22O. The topological polar surface area (TPSA) is 17.1 Å². The van der Waals surface area contributed by atoms with Crippen molar-refractivity contribution in [3.8, 4) is 0 Å². The Morgan fingerprint density at radius 1 is 1.12 bits per heavy atom. The van der Waals surface area contributed by atoms with Crippen LogP contribution >= 0.6 is 0 Å². The van der Waals surface area contributed by atoms with E-state index in [1.807, 2.05) is 32.0 Å². The van der Waals surface area contributed by atoms with Crippen molar-refractivity contribution in [3.63, 3.8) is 0 Å². The number of rotatable bonds is 3. The van der Waals surface area contributed by atoms with Crippen molar-refractivity contribution in [2.45, 2.75) is 47.5 Å². The Bertz CT molecular complexity index is 363. The SMILES string of the molecule is Cc1cccc(C)c1C(=O)CCC(C)(C)C. The van der Waals surface area contributed by atoms with Gasteiger partial charge in [0.25, 0.3) is 0 Å². The minimum atomic E-state index is 0.228. The molecule has 0 aliphatic rings. The summed E-state index contributed by atoms with van der Waals surface area (Å²) in [4.78, 5) is 12.1. The van der Waals surface area contributed by atoms with Gasteiger partial charge in [-0.3, -0.25) is 4.79 Å². The quantitative estimate of drug-likeness (QED) is 0.691. The van der Waals surface area contributed by atoms with Crippen LogP contribution in [0.3, 0.4) is 0 Å². The Balaban J connectivity index is 2.81. The third kappa shape index (κ3) is 3.48. The molecule has 1 heteroatoms. The first-order chi connectivity index (χ1) is 7.31. The third-order valence-electron chi connectivity index (χ3n) is 2.86. The molecule has 1 aromatic carbocycles. The van der Waals surface area contributed by atoms with E-state index in [0.29, 0.717) is 6.42 Å². The van der Waals surface area contributed by atoms with Gasteiger partial charge in [-0.05, 0) is 36.8 Å². The number of hydrogen-bond donors (Lipinski definition) is 0. The largest absolute Gasteiger partial charge is 0.294 e. The van der Waals surface area contributed by atoms with Crippen LogP contribution in [-0.2, 0) is 0 Å². The minimum absolute atomic E-state index is 0.228. The van der Waals surface area contributed by atoms with E-state index in [0.717, 1.165) is 23.1 Å². The molecule has 0 aliphatic heterocycles. The minimum Gasteiger partial charge on any atom is -0.294 e. The molecule has 0 amide bonds. The van der Waals surface area contributed by atoms with Crippen LogP contribution in [0.15, 0.2) is 18.2 Å². The molecular weight excluding hydrogens is 196 g/mol. The van der Waals surface area contributed by atoms with Gasteiger partial charge < -0.3 is 0 Å². The van der Waals surface area contributed by atoms with Crippen LogP contribution in [0.25, 0.3) is 0 Å². The first-order valence-electron chi connectivity index (χ1n) is 5.91. The van der Waals surface area contributed by atoms with Crippen molar-refractivity contribution in [2.24, 2.45) is 5.41 Å². The van der Waals surface area contributed by atoms with E-state index in [1.54, 1.807) is 0 Å². The fraction of sp³-hybridized carbons (Fsp3) is 0.533. The molecule has 0 aromatic heterocycles. The van der Waals surface area contributed by atoms with E-state index < -0.39 is 0 Å². The molecule has 0 radical (unpaired) electrons. The second-order valence-electron chi connectivity index (χ2n) is 5.75. The molecule has 0 saturated heterocycles. The smallest absolute Gasteiger partial charge is 0.163 e. The first-order valence-corrected chi connectivity index (χ1v) is 5.91. The molecule has 88 valence electrons. The molecule has 0 heterocycles. The summed E-state index contributed by atoms with van der Waals surface area (Å²) < 4.78 is 0. The molecule has 1 nitrogen and oxygen atoms in total. The standard InChI is InChI=1S/C15H22O/c1-11-7-6-8-12(2)14(11)13(16)9-10-15(3,4)5/h6-8H,9-10H2,1-5H3. The van der Waals surface area contributed by atoms with Gasteiger partial charge in [-0.25, -0.2) is 0 Å². The molecule has 1 aromatic rings. The lowest BCUT2D eigenvalue weighted by molar-refractivity contribution is 0.0965. The first kappa shape index (κ1) is 13.0. The van der Waals surface area contributed by atoms with Crippen LogP contribution in [0.2, 0.25) is 0 Å². The fourth-order valence-corrected chi connectivity index (χ4v) is 1.87. The number of hydrogen-bond acceptors (Lipinski definition) is 1. The van der Waals surface area contributed by atoms with Crippen molar-refractivity contribution in [1.29, 1.82) is 0 Å². The van der Waals surface area contributed by atoms with Crippen molar-refractivity contribution < 1.29 is 4.79 Å². The van der Waals surface area contributed by atoms with E-state index >= 15 is 0 Å². The zero-order valence-electron chi connectivity index (χ0n) is 11.1. The van der Waals surface area contributed by atoms with Gasteiger partial charge in [0, 0.05) is 12.0 Å². The van der Waals surface area contributed by atoms with Crippen LogP contribution in [0.4, 0.5) is 0 Å². The zero-order valence-corrected chi connectivity index (χ0v) is 11.1. The Kier molecular flexibility index (Phi) is 3.90. The Morgan fingerprint density at radius 3 is 2.06 bits per heavy atom. The summed E-state index contributed by atoms with van der Waals surface area (Å²) in [7, 11) is 0. The molecule has 0 fully saturated rings. The van der Waals surface area contributed by atoms with E-state index in [9.17, 15) is 4.79 Å². The monoisotopic (exact) mass is 218 g/mol. The molecule has 1 rings (SSSR count). The average Bonchev–Trinajstić information content (AvgIpc) is 2.13. The van der Waals surface area contributed by atoms with Crippen molar-refractivity contribution >= 4 is 5.78 Å². The van der Waals surface area contributed by atoms with Gasteiger partial charge in [-0.1, -0.05) is 39.0 Å². The Labute approximate surface area is 98.9 Å². The maximum Gasteiger partial charge on any atom is 0.163 e. The molecule has 16 heavy (non-hydrogen) atoms. The molecule has 0 N–H and O–H groups in total. The number of benzene rings is 1. The lowest BCUT2D eigenvalue weighted by Crippen LogP contribution is -2.11. The number of Topliss-reactive ketones (excluding diaryl/α,β-unsaturated/α-hetero) is 1. The highest BCUT2D eigenvalue weighted by Gasteiger charge is 2.16. The normalized spacial score (nSPS) is 11.6. The Morgan fingerprint density at radius 2 is 1.62 bits per heavy atom. The van der Waals surface area contributed by atoms with Gasteiger partial charge in [0.1, 0.15) is 0 Å². The highest BCUT2D eigenvalue weighted by Crippen LogP contribution is 2.23. The highest BCUT2D eigenvalue weighted by atomic mass is 16.1. The summed E-state index contributed by atoms with van der Waals surface area (Å²) in [6.45, 7) is 10.5. The van der Waals surface area contributed by atoms with Crippen LogP contribution < -0.4 is 0 Å². The lowest BCUT2D eigenvalue weighted by atomic mass is 9.87. The Hall–Kier alpha value is -1.11. The maximum atomic E-state index is 12.1. The summed E-state index contributed by atoms with van der Waals surface area (Å²) >= 11 is 0. The maximum absolute atomic E-state index is 12.1. The van der Waals surface area contributed by atoms with Gasteiger partial charge in [-0.15, -0.1) is 0 Å². The molecule has 0 unspecified atom stereocenters. The second-order valence-corrected chi connectivity index (χ2v) is 5.75. The van der Waals surface area contributed by atoms with Crippen LogP contribution in [0.5, 0.6) is 0 Å². The number of carbonyl (C=O) groups excluding carboxylic acids is 1. The highest BCUT2D eigenvalue weighted by molar-refractivity contribution is 5.98. The molecule has 0 spiro atoms. The van der Waals surface area contributed by atoms with Crippen molar-refractivity contribution in [2.75, 3.05) is 0 Å². The van der Waals surface area contributed by atoms with Crippen LogP contribution in [-0.4, -0.2) is 5.78 Å². The average molecular weight is 218 g/mol. The summed E-state index contributed by atoms with van der Waals surface area (Å²) in [5, 5.41) is 0. The van der Waals surface area contributed by atoms with Crippen molar-refractivity contribution in [1.82, 2.24) is 0 Å². The van der Waals surface area contributed by atoms with Gasteiger partial charge in [0.05, 0.1) is 0 Å². The predicted molar refractivity (Wildman–Crippen MR) is 68.9 cm³/mol. The van der Waals surface area contributed by atoms with Gasteiger partial charge >= 0.3 is 0 Å². The number of ketones is 1. The van der Waals surface area contributed by atoms with Gasteiger partial charge in [0.2, 0.25) is 0 Å². The van der Waals surface area contributed by atoms with Crippen molar-refractivity contribution in [3.05, 3.63) is 34.9 Å². The van der Waals surface area contributed by atoms with E-state index in [-0.39, 0.29) is 11.2 Å². The fourth-order valence-electron chi connectivity index (χ4n) is 1.87. The van der Waals surface area contributed by atoms with E-state index in [4.69, 9.17) is 0 Å². The van der Waals surface area contributed by atoms with Gasteiger partial charge in [0.15, 0.2) is 5.78 Å². The van der Waals surface area contributed by atoms with E-state index in [1.165, 1.54) is 0 Å². The molecule has 0 bridgehead atoms. The number of aryl methyl sites for hydroxylation is 2. The van der Waals surface area contributed by atoms with E-state index in [2.05, 4.69) is 20.8 Å². The second kappa shape index (κ2) is 4.82. The summed E-state index contributed by atoms with van der Waals surface area (Å²) in [6, 6.07) is 6.03. The third-order valence-corrected chi connectivity index (χ3v) is 2.86. The molecule has 0 aliphatic carbocycles. The lowest BCUT2D eigenvalue weighted by Gasteiger charge is -2.18. The molecule has 0 atom stereocenters. The summed E-state index contributed by atoms with van der Waals surface area (Å²) in [5.41, 5.74) is 3.34. The van der Waals surface area contributed by atoms with Crippen LogP contribution in [0, 0.1) is 19.3 Å². The van der Waals surface area contributed by atoms with Crippen LogP contribution in [0.1, 0.15) is 55.1 Å². The summed E-state index contributed by atoms with van der Waals surface area (Å²) in [5.74, 6) is 0.283.